The monoisotopic (exact) mass is 350 g/mol. The number of halogens is 3. The van der Waals surface area contributed by atoms with Gasteiger partial charge in [-0.25, -0.2) is 0 Å². The maximum absolute atomic E-state index is 12.6. The predicted octanol–water partition coefficient (Wildman–Crippen LogP) is 2.87. The Morgan fingerprint density at radius 1 is 1.35 bits per heavy atom. The van der Waals surface area contributed by atoms with Gasteiger partial charge >= 0.3 is 6.18 Å². The first-order valence-corrected chi connectivity index (χ1v) is 8.57. The largest absolute Gasteiger partial charge is 0.451 e. The van der Waals surface area contributed by atoms with Gasteiger partial charge in [0, 0.05) is 13.1 Å². The van der Waals surface area contributed by atoms with Crippen LogP contribution in [0.3, 0.4) is 0 Å². The molecule has 0 unspecified atom stereocenters. The molecule has 1 aliphatic carbocycles. The summed E-state index contributed by atoms with van der Waals surface area (Å²) < 4.78 is 38.8. The van der Waals surface area contributed by atoms with Crippen LogP contribution in [-0.2, 0) is 18.0 Å². The molecule has 1 saturated carbocycles. The second kappa shape index (κ2) is 7.11. The highest BCUT2D eigenvalue weighted by atomic mass is 32.2. The van der Waals surface area contributed by atoms with Gasteiger partial charge in [0.2, 0.25) is 11.7 Å². The van der Waals surface area contributed by atoms with Gasteiger partial charge in [0.05, 0.1) is 5.75 Å². The van der Waals surface area contributed by atoms with E-state index in [1.807, 2.05) is 0 Å². The van der Waals surface area contributed by atoms with Crippen LogP contribution in [0.4, 0.5) is 13.2 Å². The summed E-state index contributed by atoms with van der Waals surface area (Å²) in [6, 6.07) is 0.136. The SMILES string of the molecule is C[C@@H]1[C@H](C)CCC[C@@H]1NC(=O)CSc1nnc(C(F)(F)F)n1C. The Hall–Kier alpha value is -1.25. The Morgan fingerprint density at radius 3 is 2.65 bits per heavy atom. The van der Waals surface area contributed by atoms with Crippen LogP contribution in [0, 0.1) is 11.8 Å². The van der Waals surface area contributed by atoms with Crippen LogP contribution < -0.4 is 5.32 Å². The lowest BCUT2D eigenvalue weighted by molar-refractivity contribution is -0.147. The first kappa shape index (κ1) is 18.1. The van der Waals surface area contributed by atoms with E-state index in [2.05, 4.69) is 29.4 Å². The molecule has 1 fully saturated rings. The van der Waals surface area contributed by atoms with Crippen LogP contribution >= 0.6 is 11.8 Å². The summed E-state index contributed by atoms with van der Waals surface area (Å²) >= 11 is 0.960. The smallest absolute Gasteiger partial charge is 0.352 e. The Kier molecular flexibility index (Phi) is 5.59. The third kappa shape index (κ3) is 4.39. The molecule has 0 aromatic carbocycles. The lowest BCUT2D eigenvalue weighted by Crippen LogP contribution is -2.44. The van der Waals surface area contributed by atoms with Crippen LogP contribution in [0.1, 0.15) is 38.9 Å². The molecule has 0 radical (unpaired) electrons. The first-order valence-electron chi connectivity index (χ1n) is 7.59. The molecule has 1 aromatic heterocycles. The van der Waals surface area contributed by atoms with Gasteiger partial charge in [-0.3, -0.25) is 4.79 Å². The molecule has 0 saturated heterocycles. The number of hydrogen-bond acceptors (Lipinski definition) is 4. The topological polar surface area (TPSA) is 59.8 Å². The van der Waals surface area contributed by atoms with Gasteiger partial charge in [-0.1, -0.05) is 38.5 Å². The molecule has 2 rings (SSSR count). The summed E-state index contributed by atoms with van der Waals surface area (Å²) in [4.78, 5) is 12.0. The van der Waals surface area contributed by atoms with Gasteiger partial charge in [0.1, 0.15) is 0 Å². The van der Waals surface area contributed by atoms with Crippen molar-refractivity contribution in [3.05, 3.63) is 5.82 Å². The molecule has 5 nitrogen and oxygen atoms in total. The molecule has 1 heterocycles. The summed E-state index contributed by atoms with van der Waals surface area (Å²) in [5.41, 5.74) is 0. The Bertz CT molecular complexity index is 561. The zero-order valence-electron chi connectivity index (χ0n) is 13.4. The molecule has 1 N–H and O–H groups in total. The fraction of sp³-hybridized carbons (Fsp3) is 0.786. The average Bonchev–Trinajstić information content (AvgIpc) is 2.83. The highest BCUT2D eigenvalue weighted by molar-refractivity contribution is 7.99. The van der Waals surface area contributed by atoms with Crippen molar-refractivity contribution in [2.75, 3.05) is 5.75 Å². The number of nitrogens with zero attached hydrogens (tertiary/aromatic N) is 3. The van der Waals surface area contributed by atoms with Crippen molar-refractivity contribution in [3.63, 3.8) is 0 Å². The van der Waals surface area contributed by atoms with Crippen LogP contribution in [-0.4, -0.2) is 32.5 Å². The number of nitrogens with one attached hydrogen (secondary N) is 1. The number of amides is 1. The van der Waals surface area contributed by atoms with E-state index in [9.17, 15) is 18.0 Å². The van der Waals surface area contributed by atoms with Crippen molar-refractivity contribution < 1.29 is 18.0 Å². The maximum Gasteiger partial charge on any atom is 0.451 e. The van der Waals surface area contributed by atoms with E-state index >= 15 is 0 Å². The van der Waals surface area contributed by atoms with E-state index in [-0.39, 0.29) is 22.9 Å². The second-order valence-electron chi connectivity index (χ2n) is 6.09. The van der Waals surface area contributed by atoms with Gasteiger partial charge in [0.25, 0.3) is 0 Å². The fourth-order valence-electron chi connectivity index (χ4n) is 2.85. The van der Waals surface area contributed by atoms with Gasteiger partial charge in [-0.15, -0.1) is 10.2 Å². The number of rotatable bonds is 4. The number of hydrogen-bond donors (Lipinski definition) is 1. The van der Waals surface area contributed by atoms with Gasteiger partial charge < -0.3 is 9.88 Å². The molecule has 130 valence electrons. The minimum absolute atomic E-state index is 0.0292. The quantitative estimate of drug-likeness (QED) is 0.849. The molecule has 1 aliphatic rings. The zero-order valence-corrected chi connectivity index (χ0v) is 14.2. The third-order valence-corrected chi connectivity index (χ3v) is 5.49. The number of thioether (sulfide) groups is 1. The van der Waals surface area contributed by atoms with Crippen molar-refractivity contribution in [3.8, 4) is 0 Å². The summed E-state index contributed by atoms with van der Waals surface area (Å²) in [7, 11) is 1.24. The van der Waals surface area contributed by atoms with E-state index in [1.165, 1.54) is 13.5 Å². The van der Waals surface area contributed by atoms with E-state index in [0.29, 0.717) is 11.8 Å². The Balaban J connectivity index is 1.89. The summed E-state index contributed by atoms with van der Waals surface area (Å²) in [6.45, 7) is 4.30. The molecule has 1 amide bonds. The minimum Gasteiger partial charge on any atom is -0.352 e. The highest BCUT2D eigenvalue weighted by Gasteiger charge is 2.37. The van der Waals surface area contributed by atoms with Crippen LogP contribution in [0.5, 0.6) is 0 Å². The molecular formula is C14H21F3N4OS. The summed E-state index contributed by atoms with van der Waals surface area (Å²) in [5.74, 6) is -0.242. The van der Waals surface area contributed by atoms with E-state index in [0.717, 1.165) is 29.2 Å². The van der Waals surface area contributed by atoms with E-state index in [1.54, 1.807) is 0 Å². The minimum atomic E-state index is -4.55. The van der Waals surface area contributed by atoms with Gasteiger partial charge in [0.15, 0.2) is 5.16 Å². The molecule has 9 heteroatoms. The normalized spacial score (nSPS) is 25.4. The molecule has 1 aromatic rings. The average molecular weight is 350 g/mol. The summed E-state index contributed by atoms with van der Waals surface area (Å²) in [5, 5.41) is 9.71. The first-order chi connectivity index (χ1) is 10.7. The number of carbonyl (C=O) groups is 1. The zero-order chi connectivity index (χ0) is 17.2. The van der Waals surface area contributed by atoms with Crippen LogP contribution in [0.15, 0.2) is 5.16 Å². The van der Waals surface area contributed by atoms with Gasteiger partial charge in [-0.2, -0.15) is 13.2 Å². The van der Waals surface area contributed by atoms with Gasteiger partial charge in [-0.05, 0) is 18.3 Å². The number of alkyl halides is 3. The van der Waals surface area contributed by atoms with Crippen molar-refractivity contribution in [1.82, 2.24) is 20.1 Å². The van der Waals surface area contributed by atoms with Crippen molar-refractivity contribution in [2.24, 2.45) is 18.9 Å². The highest BCUT2D eigenvalue weighted by Crippen LogP contribution is 2.31. The van der Waals surface area contributed by atoms with Crippen molar-refractivity contribution >= 4 is 17.7 Å². The van der Waals surface area contributed by atoms with Crippen LogP contribution in [0.25, 0.3) is 0 Å². The maximum atomic E-state index is 12.6. The lowest BCUT2D eigenvalue weighted by atomic mass is 9.78. The molecular weight excluding hydrogens is 329 g/mol. The Labute approximate surface area is 137 Å². The van der Waals surface area contributed by atoms with E-state index in [4.69, 9.17) is 0 Å². The molecule has 0 spiro atoms. The predicted molar refractivity (Wildman–Crippen MR) is 80.8 cm³/mol. The second-order valence-corrected chi connectivity index (χ2v) is 7.04. The number of carbonyl (C=O) groups excluding carboxylic acids is 1. The number of aromatic nitrogens is 3. The molecule has 3 atom stereocenters. The summed E-state index contributed by atoms with van der Waals surface area (Å²) in [6.07, 6.45) is -1.34. The fourth-order valence-corrected chi connectivity index (χ4v) is 3.57. The molecule has 0 bridgehead atoms. The third-order valence-electron chi connectivity index (χ3n) is 4.47. The molecule has 0 aliphatic heterocycles. The van der Waals surface area contributed by atoms with Crippen molar-refractivity contribution in [1.29, 1.82) is 0 Å². The van der Waals surface area contributed by atoms with E-state index < -0.39 is 12.0 Å². The standard InChI is InChI=1S/C14H21F3N4OS/c1-8-5-4-6-10(9(8)2)18-11(22)7-23-13-20-19-12(21(13)3)14(15,16)17/h8-10H,4-7H2,1-3H3,(H,18,22)/t8-,9-,10+/m1/s1. The van der Waals surface area contributed by atoms with Crippen molar-refractivity contribution in [2.45, 2.75) is 50.5 Å². The van der Waals surface area contributed by atoms with Crippen LogP contribution in [0.2, 0.25) is 0 Å². The molecule has 23 heavy (non-hydrogen) atoms. The lowest BCUT2D eigenvalue weighted by Gasteiger charge is -2.34. The Morgan fingerprint density at radius 2 is 2.04 bits per heavy atom.